The van der Waals surface area contributed by atoms with Crippen LogP contribution in [0.15, 0.2) is 174 Å². The average molecular weight is 597 g/mol. The predicted octanol–water partition coefficient (Wildman–Crippen LogP) is 13.2. The van der Waals surface area contributed by atoms with E-state index in [9.17, 15) is 0 Å². The predicted molar refractivity (Wildman–Crippen MR) is 200 cm³/mol. The first-order valence-corrected chi connectivity index (χ1v) is 16.2. The molecule has 0 saturated carbocycles. The van der Waals surface area contributed by atoms with Crippen LogP contribution in [0.1, 0.15) is 0 Å². The zero-order valence-electron chi connectivity index (χ0n) is 25.6. The minimum atomic E-state index is 0.912. The lowest BCUT2D eigenvalue weighted by Crippen LogP contribution is -1.92. The van der Waals surface area contributed by atoms with E-state index in [1.165, 1.54) is 87.2 Å². The van der Waals surface area contributed by atoms with Crippen LogP contribution < -0.4 is 0 Å². The summed E-state index contributed by atoms with van der Waals surface area (Å²) in [6.07, 6.45) is 0. The molecule has 0 fully saturated rings. The fourth-order valence-corrected chi connectivity index (χ4v) is 7.90. The van der Waals surface area contributed by atoms with Gasteiger partial charge >= 0.3 is 0 Å². The van der Waals surface area contributed by atoms with Gasteiger partial charge in [0.05, 0.1) is 0 Å². The van der Waals surface area contributed by atoms with E-state index in [1.54, 1.807) is 0 Å². The highest BCUT2D eigenvalue weighted by Gasteiger charge is 2.20. The topological polar surface area (TPSA) is 13.1 Å². The molecule has 9 aromatic carbocycles. The van der Waals surface area contributed by atoms with Gasteiger partial charge in [-0.3, -0.25) is 0 Å². The van der Waals surface area contributed by atoms with E-state index in [4.69, 9.17) is 4.42 Å². The summed E-state index contributed by atoms with van der Waals surface area (Å²) >= 11 is 0. The number of rotatable bonds is 3. The lowest BCUT2D eigenvalue weighted by atomic mass is 9.83. The Labute approximate surface area is 271 Å². The number of hydrogen-bond donors (Lipinski definition) is 0. The Hall–Kier alpha value is -6.18. The van der Waals surface area contributed by atoms with Crippen LogP contribution in [0.5, 0.6) is 0 Å². The van der Waals surface area contributed by atoms with Crippen molar-refractivity contribution < 1.29 is 4.42 Å². The van der Waals surface area contributed by atoms with E-state index < -0.39 is 0 Å². The van der Waals surface area contributed by atoms with Crippen molar-refractivity contribution in [2.24, 2.45) is 0 Å². The van der Waals surface area contributed by atoms with Crippen molar-refractivity contribution in [1.82, 2.24) is 0 Å². The van der Waals surface area contributed by atoms with Gasteiger partial charge in [0.1, 0.15) is 11.2 Å². The van der Waals surface area contributed by atoms with Gasteiger partial charge < -0.3 is 4.42 Å². The molecule has 1 aromatic heterocycles. The molecule has 0 radical (unpaired) electrons. The summed E-state index contributed by atoms with van der Waals surface area (Å²) in [6.45, 7) is 0. The Morgan fingerprint density at radius 3 is 1.51 bits per heavy atom. The fourth-order valence-electron chi connectivity index (χ4n) is 7.90. The maximum absolute atomic E-state index is 6.47. The summed E-state index contributed by atoms with van der Waals surface area (Å²) < 4.78 is 6.47. The molecule has 47 heavy (non-hydrogen) atoms. The maximum atomic E-state index is 6.47. The molecule has 10 aromatic rings. The largest absolute Gasteiger partial charge is 0.456 e. The van der Waals surface area contributed by atoms with Crippen molar-refractivity contribution in [3.63, 3.8) is 0 Å². The molecule has 0 aliphatic rings. The van der Waals surface area contributed by atoms with Crippen LogP contribution in [0.2, 0.25) is 0 Å². The van der Waals surface area contributed by atoms with Crippen molar-refractivity contribution in [2.45, 2.75) is 0 Å². The van der Waals surface area contributed by atoms with Gasteiger partial charge in [0.25, 0.3) is 0 Å². The van der Waals surface area contributed by atoms with Crippen LogP contribution in [0.3, 0.4) is 0 Å². The average Bonchev–Trinajstić information content (AvgIpc) is 3.54. The van der Waals surface area contributed by atoms with E-state index in [1.807, 2.05) is 0 Å². The van der Waals surface area contributed by atoms with E-state index in [0.29, 0.717) is 0 Å². The summed E-state index contributed by atoms with van der Waals surface area (Å²) in [5.74, 6) is 0. The summed E-state index contributed by atoms with van der Waals surface area (Å²) in [4.78, 5) is 0. The lowest BCUT2D eigenvalue weighted by Gasteiger charge is -2.19. The Morgan fingerprint density at radius 2 is 0.809 bits per heavy atom. The number of furan rings is 1. The highest BCUT2D eigenvalue weighted by molar-refractivity contribution is 6.26. The smallest absolute Gasteiger partial charge is 0.136 e. The molecule has 1 heterocycles. The minimum absolute atomic E-state index is 0.912. The van der Waals surface area contributed by atoms with Crippen molar-refractivity contribution in [3.8, 4) is 33.4 Å². The Kier molecular flexibility index (Phi) is 5.64. The number of benzene rings is 9. The first-order valence-electron chi connectivity index (χ1n) is 16.2. The standard InChI is InChI=1S/C46H28O/c1-2-14-30(15-3-1)43-36-19-8-10-21-38(36)44(39-22-11-9-20-37(39)43)40-27-26-34(32-17-6-7-18-33(32)40)35-23-12-24-41-46(35)45-31-16-5-4-13-29(31)25-28-42(45)47-41/h1-28H. The van der Waals surface area contributed by atoms with Crippen molar-refractivity contribution in [2.75, 3.05) is 0 Å². The third-order valence-electron chi connectivity index (χ3n) is 9.86. The molecule has 0 N–H and O–H groups in total. The SMILES string of the molecule is c1ccc(-c2c3ccccc3c(-c3ccc(-c4cccc5oc6ccc7ccccc7c6c45)c4ccccc34)c3ccccc23)cc1. The van der Waals surface area contributed by atoms with Crippen LogP contribution in [0.4, 0.5) is 0 Å². The molecular formula is C46H28O. The quantitative estimate of drug-likeness (QED) is 0.185. The second-order valence-corrected chi connectivity index (χ2v) is 12.4. The molecule has 0 aliphatic heterocycles. The molecule has 10 rings (SSSR count). The Morgan fingerprint density at radius 1 is 0.277 bits per heavy atom. The number of hydrogen-bond acceptors (Lipinski definition) is 1. The normalized spacial score (nSPS) is 11.8. The molecule has 0 bridgehead atoms. The molecular weight excluding hydrogens is 569 g/mol. The number of fused-ring (bicyclic) bond motifs is 8. The van der Waals surface area contributed by atoms with Crippen molar-refractivity contribution in [1.29, 1.82) is 0 Å². The van der Waals surface area contributed by atoms with Crippen LogP contribution in [0, 0.1) is 0 Å². The molecule has 0 amide bonds. The lowest BCUT2D eigenvalue weighted by molar-refractivity contribution is 0.669. The van der Waals surface area contributed by atoms with Gasteiger partial charge in [0.15, 0.2) is 0 Å². The van der Waals surface area contributed by atoms with Crippen LogP contribution >= 0.6 is 0 Å². The molecule has 0 unspecified atom stereocenters. The highest BCUT2D eigenvalue weighted by atomic mass is 16.3. The zero-order valence-corrected chi connectivity index (χ0v) is 25.6. The van der Waals surface area contributed by atoms with Gasteiger partial charge in [-0.2, -0.15) is 0 Å². The summed E-state index contributed by atoms with van der Waals surface area (Å²) in [6, 6.07) is 61.5. The molecule has 0 atom stereocenters. The van der Waals surface area contributed by atoms with Gasteiger partial charge in [-0.25, -0.2) is 0 Å². The Bertz CT molecular complexity index is 2780. The monoisotopic (exact) mass is 596 g/mol. The molecule has 1 nitrogen and oxygen atoms in total. The molecule has 218 valence electrons. The second kappa shape index (κ2) is 10.2. The summed E-state index contributed by atoms with van der Waals surface area (Å²) in [5, 5.41) is 12.3. The zero-order chi connectivity index (χ0) is 30.9. The van der Waals surface area contributed by atoms with E-state index in [2.05, 4.69) is 170 Å². The van der Waals surface area contributed by atoms with Crippen LogP contribution in [0.25, 0.3) is 98.4 Å². The molecule has 0 saturated heterocycles. The van der Waals surface area contributed by atoms with Crippen molar-refractivity contribution >= 4 is 65.0 Å². The molecule has 0 spiro atoms. The van der Waals surface area contributed by atoms with Crippen LogP contribution in [-0.2, 0) is 0 Å². The maximum Gasteiger partial charge on any atom is 0.136 e. The van der Waals surface area contributed by atoms with Gasteiger partial charge in [-0.05, 0) is 88.6 Å². The minimum Gasteiger partial charge on any atom is -0.456 e. The van der Waals surface area contributed by atoms with Gasteiger partial charge in [0, 0.05) is 10.8 Å². The van der Waals surface area contributed by atoms with Gasteiger partial charge in [-0.1, -0.05) is 158 Å². The summed E-state index contributed by atoms with van der Waals surface area (Å²) in [5.41, 5.74) is 9.27. The first-order chi connectivity index (χ1) is 23.3. The van der Waals surface area contributed by atoms with E-state index in [-0.39, 0.29) is 0 Å². The van der Waals surface area contributed by atoms with E-state index in [0.717, 1.165) is 11.2 Å². The molecule has 1 heteroatoms. The third kappa shape index (κ3) is 3.84. The highest BCUT2D eigenvalue weighted by Crippen LogP contribution is 2.47. The fraction of sp³-hybridized carbons (Fsp3) is 0. The van der Waals surface area contributed by atoms with Gasteiger partial charge in [-0.15, -0.1) is 0 Å². The third-order valence-corrected chi connectivity index (χ3v) is 9.86. The Balaban J connectivity index is 1.30. The van der Waals surface area contributed by atoms with Gasteiger partial charge in [0.2, 0.25) is 0 Å². The second-order valence-electron chi connectivity index (χ2n) is 12.4. The first kappa shape index (κ1) is 26.1. The summed E-state index contributed by atoms with van der Waals surface area (Å²) in [7, 11) is 0. The van der Waals surface area contributed by atoms with Crippen molar-refractivity contribution in [3.05, 3.63) is 170 Å². The molecule has 0 aliphatic carbocycles. The van der Waals surface area contributed by atoms with Crippen LogP contribution in [-0.4, -0.2) is 0 Å². The van der Waals surface area contributed by atoms with E-state index >= 15 is 0 Å².